The van der Waals surface area contributed by atoms with Crippen molar-refractivity contribution in [1.82, 2.24) is 4.98 Å². The number of benzene rings is 1. The average molecular weight is 213 g/mol. The summed E-state index contributed by atoms with van der Waals surface area (Å²) in [6.07, 6.45) is 0.561. The van der Waals surface area contributed by atoms with Crippen molar-refractivity contribution in [2.45, 2.75) is 20.3 Å². The number of rotatable bonds is 3. The Morgan fingerprint density at radius 3 is 2.69 bits per heavy atom. The summed E-state index contributed by atoms with van der Waals surface area (Å²) in [7, 11) is 0. The van der Waals surface area contributed by atoms with E-state index in [4.69, 9.17) is 0 Å². The van der Waals surface area contributed by atoms with Crippen LogP contribution in [-0.2, 0) is 0 Å². The molecule has 0 radical (unpaired) electrons. The van der Waals surface area contributed by atoms with Gasteiger partial charge in [0.15, 0.2) is 5.78 Å². The molecule has 0 saturated carbocycles. The monoisotopic (exact) mass is 213 g/mol. The van der Waals surface area contributed by atoms with Crippen molar-refractivity contribution in [3.8, 4) is 0 Å². The van der Waals surface area contributed by atoms with Crippen molar-refractivity contribution in [3.05, 3.63) is 42.1 Å². The molecule has 0 aliphatic heterocycles. The molecule has 0 N–H and O–H groups in total. The van der Waals surface area contributed by atoms with Gasteiger partial charge in [-0.05, 0) is 18.1 Å². The van der Waals surface area contributed by atoms with Crippen molar-refractivity contribution in [3.63, 3.8) is 0 Å². The molecular formula is C14H15NO. The largest absolute Gasteiger partial charge is 0.292 e. The van der Waals surface area contributed by atoms with E-state index in [1.807, 2.05) is 50.2 Å². The molecule has 0 unspecified atom stereocenters. The van der Waals surface area contributed by atoms with E-state index < -0.39 is 0 Å². The Morgan fingerprint density at radius 2 is 1.94 bits per heavy atom. The number of carbonyl (C=O) groups is 1. The lowest BCUT2D eigenvalue weighted by Gasteiger charge is -2.04. The van der Waals surface area contributed by atoms with Gasteiger partial charge in [0.05, 0.1) is 5.52 Å². The second-order valence-electron chi connectivity index (χ2n) is 4.41. The molecule has 0 saturated heterocycles. The number of carbonyl (C=O) groups excluding carboxylic acids is 1. The average Bonchev–Trinajstić information content (AvgIpc) is 2.27. The molecule has 0 spiro atoms. The number of hydrogen-bond donors (Lipinski definition) is 0. The van der Waals surface area contributed by atoms with E-state index in [2.05, 4.69) is 4.98 Å². The van der Waals surface area contributed by atoms with E-state index in [0.29, 0.717) is 18.0 Å². The molecule has 2 heteroatoms. The standard InChI is InChI=1S/C14H15NO/c1-10(2)9-14(16)13-8-7-11-5-3-4-6-12(11)15-13/h3-8,10H,9H2,1-2H3. The molecule has 1 aromatic carbocycles. The topological polar surface area (TPSA) is 30.0 Å². The molecule has 0 amide bonds. The Morgan fingerprint density at radius 1 is 1.19 bits per heavy atom. The SMILES string of the molecule is CC(C)CC(=O)c1ccc2ccccc2n1. The summed E-state index contributed by atoms with van der Waals surface area (Å²) in [5, 5.41) is 1.07. The van der Waals surface area contributed by atoms with Gasteiger partial charge in [-0.25, -0.2) is 4.98 Å². The molecule has 1 heterocycles. The molecule has 0 fully saturated rings. The molecular weight excluding hydrogens is 198 g/mol. The van der Waals surface area contributed by atoms with Crippen molar-refractivity contribution < 1.29 is 4.79 Å². The van der Waals surface area contributed by atoms with E-state index in [1.165, 1.54) is 0 Å². The van der Waals surface area contributed by atoms with Gasteiger partial charge in [-0.3, -0.25) is 4.79 Å². The molecule has 2 nitrogen and oxygen atoms in total. The van der Waals surface area contributed by atoms with Crippen molar-refractivity contribution in [1.29, 1.82) is 0 Å². The van der Waals surface area contributed by atoms with Crippen LogP contribution in [0.5, 0.6) is 0 Å². The van der Waals surface area contributed by atoms with Crippen LogP contribution in [0.25, 0.3) is 10.9 Å². The summed E-state index contributed by atoms with van der Waals surface area (Å²) in [6, 6.07) is 11.6. The Bertz CT molecular complexity index is 517. The van der Waals surface area contributed by atoms with Gasteiger partial charge in [0.25, 0.3) is 0 Å². The van der Waals surface area contributed by atoms with Crippen molar-refractivity contribution in [2.24, 2.45) is 5.92 Å². The molecule has 0 bridgehead atoms. The van der Waals surface area contributed by atoms with Gasteiger partial charge in [0.2, 0.25) is 0 Å². The van der Waals surface area contributed by atoms with Gasteiger partial charge in [0, 0.05) is 11.8 Å². The van der Waals surface area contributed by atoms with Crippen LogP contribution < -0.4 is 0 Å². The first-order valence-electron chi connectivity index (χ1n) is 5.56. The number of ketones is 1. The maximum Gasteiger partial charge on any atom is 0.181 e. The van der Waals surface area contributed by atoms with Gasteiger partial charge in [-0.15, -0.1) is 0 Å². The molecule has 16 heavy (non-hydrogen) atoms. The van der Waals surface area contributed by atoms with Gasteiger partial charge in [-0.2, -0.15) is 0 Å². The number of aromatic nitrogens is 1. The molecule has 0 atom stereocenters. The van der Waals surface area contributed by atoms with Crippen LogP contribution >= 0.6 is 0 Å². The zero-order valence-electron chi connectivity index (χ0n) is 9.60. The molecule has 0 aliphatic rings. The van der Waals surface area contributed by atoms with Crippen LogP contribution in [0, 0.1) is 5.92 Å². The fourth-order valence-corrected chi connectivity index (χ4v) is 1.70. The first-order chi connectivity index (χ1) is 7.66. The third-order valence-electron chi connectivity index (χ3n) is 2.48. The number of Topliss-reactive ketones (excluding diaryl/α,β-unsaturated/α-hetero) is 1. The zero-order valence-corrected chi connectivity index (χ0v) is 9.60. The van der Waals surface area contributed by atoms with Crippen molar-refractivity contribution >= 4 is 16.7 Å². The lowest BCUT2D eigenvalue weighted by atomic mass is 10.0. The summed E-state index contributed by atoms with van der Waals surface area (Å²) >= 11 is 0. The number of nitrogens with zero attached hydrogens (tertiary/aromatic N) is 1. The fraction of sp³-hybridized carbons (Fsp3) is 0.286. The Balaban J connectivity index is 2.35. The summed E-state index contributed by atoms with van der Waals surface area (Å²) in [5.74, 6) is 0.501. The fourth-order valence-electron chi connectivity index (χ4n) is 1.70. The molecule has 82 valence electrons. The quantitative estimate of drug-likeness (QED) is 0.731. The third kappa shape index (κ3) is 2.27. The highest BCUT2D eigenvalue weighted by Crippen LogP contribution is 2.14. The minimum atomic E-state index is 0.126. The summed E-state index contributed by atoms with van der Waals surface area (Å²) in [6.45, 7) is 4.08. The lowest BCUT2D eigenvalue weighted by molar-refractivity contribution is 0.0963. The summed E-state index contributed by atoms with van der Waals surface area (Å²) in [5.41, 5.74) is 1.46. The molecule has 2 aromatic rings. The highest BCUT2D eigenvalue weighted by atomic mass is 16.1. The van der Waals surface area contributed by atoms with Gasteiger partial charge < -0.3 is 0 Å². The second kappa shape index (κ2) is 4.44. The normalized spacial score (nSPS) is 10.9. The first-order valence-corrected chi connectivity index (χ1v) is 5.56. The van der Waals surface area contributed by atoms with Gasteiger partial charge in [0.1, 0.15) is 5.69 Å². The Hall–Kier alpha value is -1.70. The van der Waals surface area contributed by atoms with E-state index in [9.17, 15) is 4.79 Å². The smallest absolute Gasteiger partial charge is 0.181 e. The minimum Gasteiger partial charge on any atom is -0.292 e. The van der Waals surface area contributed by atoms with E-state index in [0.717, 1.165) is 10.9 Å². The zero-order chi connectivity index (χ0) is 11.5. The summed E-state index contributed by atoms with van der Waals surface area (Å²) in [4.78, 5) is 16.2. The number of fused-ring (bicyclic) bond motifs is 1. The number of hydrogen-bond acceptors (Lipinski definition) is 2. The van der Waals surface area contributed by atoms with Crippen LogP contribution in [0.15, 0.2) is 36.4 Å². The van der Waals surface area contributed by atoms with Crippen LogP contribution in [0.3, 0.4) is 0 Å². The predicted octanol–water partition coefficient (Wildman–Crippen LogP) is 3.46. The van der Waals surface area contributed by atoms with Gasteiger partial charge >= 0.3 is 0 Å². The summed E-state index contributed by atoms with van der Waals surface area (Å²) < 4.78 is 0. The van der Waals surface area contributed by atoms with Crippen LogP contribution in [0.4, 0.5) is 0 Å². The maximum absolute atomic E-state index is 11.8. The Labute approximate surface area is 95.3 Å². The van der Waals surface area contributed by atoms with Crippen LogP contribution in [-0.4, -0.2) is 10.8 Å². The molecule has 1 aromatic heterocycles. The molecule has 0 aliphatic carbocycles. The van der Waals surface area contributed by atoms with Gasteiger partial charge in [-0.1, -0.05) is 38.1 Å². The van der Waals surface area contributed by atoms with E-state index in [-0.39, 0.29) is 5.78 Å². The van der Waals surface area contributed by atoms with Crippen LogP contribution in [0.1, 0.15) is 30.8 Å². The van der Waals surface area contributed by atoms with E-state index >= 15 is 0 Å². The second-order valence-corrected chi connectivity index (χ2v) is 4.41. The van der Waals surface area contributed by atoms with E-state index in [1.54, 1.807) is 0 Å². The van der Waals surface area contributed by atoms with Crippen molar-refractivity contribution in [2.75, 3.05) is 0 Å². The lowest BCUT2D eigenvalue weighted by Crippen LogP contribution is -2.05. The predicted molar refractivity (Wildman–Crippen MR) is 65.5 cm³/mol. The number of pyridine rings is 1. The van der Waals surface area contributed by atoms with Crippen LogP contribution in [0.2, 0.25) is 0 Å². The molecule has 2 rings (SSSR count). The number of para-hydroxylation sites is 1. The third-order valence-corrected chi connectivity index (χ3v) is 2.48. The Kier molecular flexibility index (Phi) is 3.00. The highest BCUT2D eigenvalue weighted by Gasteiger charge is 2.09. The minimum absolute atomic E-state index is 0.126. The first kappa shape index (κ1) is 10.8. The maximum atomic E-state index is 11.8. The highest BCUT2D eigenvalue weighted by molar-refractivity contribution is 5.96.